The second-order valence-corrected chi connectivity index (χ2v) is 5.50. The summed E-state index contributed by atoms with van der Waals surface area (Å²) in [5, 5.41) is 7.49. The van der Waals surface area contributed by atoms with Crippen molar-refractivity contribution < 1.29 is 4.74 Å². The third kappa shape index (κ3) is 3.94. The first kappa shape index (κ1) is 15.6. The van der Waals surface area contributed by atoms with Crippen LogP contribution in [-0.2, 0) is 4.74 Å². The second-order valence-electron chi connectivity index (χ2n) is 5.50. The van der Waals surface area contributed by atoms with Crippen LogP contribution in [0.2, 0.25) is 0 Å². The van der Waals surface area contributed by atoms with Crippen molar-refractivity contribution in [1.29, 1.82) is 0 Å². The summed E-state index contributed by atoms with van der Waals surface area (Å²) in [5.41, 5.74) is 1.89. The van der Waals surface area contributed by atoms with Crippen molar-refractivity contribution in [1.82, 2.24) is 20.2 Å². The summed E-state index contributed by atoms with van der Waals surface area (Å²) in [6.07, 6.45) is 1.00. The minimum absolute atomic E-state index is 0.570. The van der Waals surface area contributed by atoms with Crippen molar-refractivity contribution in [3.63, 3.8) is 0 Å². The first-order valence-corrected chi connectivity index (χ1v) is 7.76. The molecule has 0 unspecified atom stereocenters. The number of aliphatic imine (C=N–C) groups is 1. The number of para-hydroxylation sites is 1. The van der Waals surface area contributed by atoms with Crippen molar-refractivity contribution in [3.8, 4) is 0 Å². The number of hydrogen-bond donors (Lipinski definition) is 2. The quantitative estimate of drug-likeness (QED) is 0.816. The van der Waals surface area contributed by atoms with Gasteiger partial charge in [0.05, 0.1) is 24.5 Å². The molecular formula is C16H22N6O. The molecule has 0 saturated carbocycles. The Morgan fingerprint density at radius 1 is 1.30 bits per heavy atom. The number of hydrogen-bond acceptors (Lipinski definition) is 7. The van der Waals surface area contributed by atoms with Gasteiger partial charge in [0.25, 0.3) is 0 Å². The lowest BCUT2D eigenvalue weighted by molar-refractivity contribution is 0.170. The number of nitrogens with one attached hydrogen (secondary N) is 2. The van der Waals surface area contributed by atoms with Crippen LogP contribution in [0.3, 0.4) is 0 Å². The Morgan fingerprint density at radius 3 is 2.96 bits per heavy atom. The molecule has 122 valence electrons. The molecule has 0 atom stereocenters. The van der Waals surface area contributed by atoms with Gasteiger partial charge in [-0.15, -0.1) is 0 Å². The highest BCUT2D eigenvalue weighted by molar-refractivity contribution is 5.93. The molecule has 1 aliphatic heterocycles. The van der Waals surface area contributed by atoms with Crippen LogP contribution in [0.4, 0.5) is 5.95 Å². The van der Waals surface area contributed by atoms with E-state index in [2.05, 4.69) is 30.5 Å². The SMILES string of the molecule is COCCCN1CN=C(Nc2nc(C)c3ccccc3n2)NC1. The van der Waals surface area contributed by atoms with Crippen LogP contribution >= 0.6 is 0 Å². The molecule has 3 rings (SSSR count). The van der Waals surface area contributed by atoms with Gasteiger partial charge in [-0.3, -0.25) is 10.2 Å². The van der Waals surface area contributed by atoms with E-state index in [1.165, 1.54) is 0 Å². The van der Waals surface area contributed by atoms with Crippen molar-refractivity contribution in [3.05, 3.63) is 30.0 Å². The van der Waals surface area contributed by atoms with Gasteiger partial charge in [-0.1, -0.05) is 18.2 Å². The van der Waals surface area contributed by atoms with Gasteiger partial charge in [0, 0.05) is 25.6 Å². The van der Waals surface area contributed by atoms with Crippen molar-refractivity contribution in [2.24, 2.45) is 4.99 Å². The molecule has 1 aliphatic rings. The first-order valence-electron chi connectivity index (χ1n) is 7.76. The number of nitrogens with zero attached hydrogens (tertiary/aromatic N) is 4. The number of fused-ring (bicyclic) bond motifs is 1. The fourth-order valence-electron chi connectivity index (χ4n) is 2.53. The smallest absolute Gasteiger partial charge is 0.230 e. The minimum Gasteiger partial charge on any atom is -0.385 e. The van der Waals surface area contributed by atoms with Gasteiger partial charge in [-0.2, -0.15) is 0 Å². The van der Waals surface area contributed by atoms with E-state index in [-0.39, 0.29) is 0 Å². The van der Waals surface area contributed by atoms with Crippen molar-refractivity contribution >= 4 is 22.8 Å². The lowest BCUT2D eigenvalue weighted by Gasteiger charge is -2.26. The zero-order valence-corrected chi connectivity index (χ0v) is 13.5. The van der Waals surface area contributed by atoms with Gasteiger partial charge < -0.3 is 10.1 Å². The number of anilines is 1. The normalized spacial score (nSPS) is 15.3. The summed E-state index contributed by atoms with van der Waals surface area (Å²) >= 11 is 0. The molecule has 23 heavy (non-hydrogen) atoms. The van der Waals surface area contributed by atoms with Gasteiger partial charge in [0.1, 0.15) is 0 Å². The molecule has 7 nitrogen and oxygen atoms in total. The summed E-state index contributed by atoms with van der Waals surface area (Å²) < 4.78 is 5.07. The molecule has 7 heteroatoms. The maximum absolute atomic E-state index is 5.07. The number of methoxy groups -OCH3 is 1. The predicted molar refractivity (Wildman–Crippen MR) is 91.4 cm³/mol. The van der Waals surface area contributed by atoms with Crippen LogP contribution in [-0.4, -0.2) is 54.4 Å². The van der Waals surface area contributed by atoms with E-state index in [0.717, 1.165) is 42.8 Å². The highest BCUT2D eigenvalue weighted by Gasteiger charge is 2.13. The fourth-order valence-corrected chi connectivity index (χ4v) is 2.53. The zero-order valence-electron chi connectivity index (χ0n) is 13.5. The molecule has 0 saturated heterocycles. The second kappa shape index (κ2) is 7.34. The molecule has 0 radical (unpaired) electrons. The standard InChI is InChI=1S/C16H22N6O/c1-12-13-6-3-4-7-14(13)20-16(19-12)21-15-17-10-22(11-18-15)8-5-9-23-2/h3-4,6-7H,5,8-11H2,1-2H3,(H2,17,18,19,20,21). The average molecular weight is 314 g/mol. The summed E-state index contributed by atoms with van der Waals surface area (Å²) in [7, 11) is 1.72. The first-order chi connectivity index (χ1) is 11.3. The molecule has 0 bridgehead atoms. The van der Waals surface area contributed by atoms with Crippen LogP contribution in [0.5, 0.6) is 0 Å². The van der Waals surface area contributed by atoms with E-state index >= 15 is 0 Å². The third-order valence-corrected chi connectivity index (χ3v) is 3.75. The number of ether oxygens (including phenoxy) is 1. The monoisotopic (exact) mass is 314 g/mol. The van der Waals surface area contributed by atoms with Gasteiger partial charge >= 0.3 is 0 Å². The average Bonchev–Trinajstić information content (AvgIpc) is 2.57. The van der Waals surface area contributed by atoms with Crippen molar-refractivity contribution in [2.75, 3.05) is 38.9 Å². The predicted octanol–water partition coefficient (Wildman–Crippen LogP) is 1.56. The Labute approximate surface area is 135 Å². The molecule has 1 aromatic heterocycles. The molecule has 0 amide bonds. The Hall–Kier alpha value is -2.25. The van der Waals surface area contributed by atoms with Crippen LogP contribution in [0.15, 0.2) is 29.3 Å². The lowest BCUT2D eigenvalue weighted by Crippen LogP contribution is -2.46. The number of guanidine groups is 1. The van der Waals surface area contributed by atoms with Crippen LogP contribution in [0.25, 0.3) is 10.9 Å². The van der Waals surface area contributed by atoms with Gasteiger partial charge in [0.15, 0.2) is 0 Å². The van der Waals surface area contributed by atoms with Crippen LogP contribution in [0, 0.1) is 6.92 Å². The fraction of sp³-hybridized carbons (Fsp3) is 0.438. The summed E-state index contributed by atoms with van der Waals surface area (Å²) in [4.78, 5) is 15.8. The van der Waals surface area contributed by atoms with Crippen molar-refractivity contribution in [2.45, 2.75) is 13.3 Å². The number of benzene rings is 1. The molecule has 2 N–H and O–H groups in total. The summed E-state index contributed by atoms with van der Waals surface area (Å²) in [6, 6.07) is 8.00. The molecule has 2 heterocycles. The Morgan fingerprint density at radius 2 is 2.17 bits per heavy atom. The Balaban J connectivity index is 1.64. The highest BCUT2D eigenvalue weighted by atomic mass is 16.5. The van der Waals surface area contributed by atoms with E-state index in [9.17, 15) is 0 Å². The van der Waals surface area contributed by atoms with Crippen LogP contribution < -0.4 is 10.6 Å². The summed E-state index contributed by atoms with van der Waals surface area (Å²) in [5.74, 6) is 1.28. The van der Waals surface area contributed by atoms with Crippen LogP contribution in [0.1, 0.15) is 12.1 Å². The maximum Gasteiger partial charge on any atom is 0.230 e. The van der Waals surface area contributed by atoms with E-state index in [1.54, 1.807) is 7.11 Å². The van der Waals surface area contributed by atoms with E-state index < -0.39 is 0 Å². The van der Waals surface area contributed by atoms with Gasteiger partial charge in [0.2, 0.25) is 11.9 Å². The molecule has 0 aliphatic carbocycles. The molecule has 0 spiro atoms. The van der Waals surface area contributed by atoms with E-state index in [1.807, 2.05) is 31.2 Å². The summed E-state index contributed by atoms with van der Waals surface area (Å²) in [6.45, 7) is 5.13. The molecule has 1 aromatic carbocycles. The molecular weight excluding hydrogens is 292 g/mol. The Kier molecular flexibility index (Phi) is 4.99. The number of aromatic nitrogens is 2. The third-order valence-electron chi connectivity index (χ3n) is 3.75. The number of aryl methyl sites for hydroxylation is 1. The highest BCUT2D eigenvalue weighted by Crippen LogP contribution is 2.16. The molecule has 0 fully saturated rings. The maximum atomic E-state index is 5.07. The molecule has 2 aromatic rings. The largest absolute Gasteiger partial charge is 0.385 e. The van der Waals surface area contributed by atoms with Gasteiger partial charge in [-0.25, -0.2) is 15.0 Å². The van der Waals surface area contributed by atoms with E-state index in [4.69, 9.17) is 4.74 Å². The lowest BCUT2D eigenvalue weighted by atomic mass is 10.2. The van der Waals surface area contributed by atoms with E-state index in [0.29, 0.717) is 18.6 Å². The minimum atomic E-state index is 0.570. The number of rotatable bonds is 5. The Bertz CT molecular complexity index is 702. The van der Waals surface area contributed by atoms with Gasteiger partial charge in [-0.05, 0) is 19.4 Å². The topological polar surface area (TPSA) is 74.7 Å². The zero-order chi connectivity index (χ0) is 16.1.